The molecule has 1 unspecified atom stereocenters. The normalized spacial score (nSPS) is 14.2. The minimum absolute atomic E-state index is 0.224. The number of hydrogen-bond donors (Lipinski definition) is 1. The van der Waals surface area contributed by atoms with Crippen molar-refractivity contribution in [3.8, 4) is 0 Å². The van der Waals surface area contributed by atoms with Gasteiger partial charge in [0.25, 0.3) is 0 Å². The van der Waals surface area contributed by atoms with Crippen LogP contribution in [-0.4, -0.2) is 14.9 Å². The lowest BCUT2D eigenvalue weighted by Gasteiger charge is -2.29. The quantitative estimate of drug-likeness (QED) is 0.913. The van der Waals surface area contributed by atoms with Gasteiger partial charge in [-0.3, -0.25) is 4.68 Å². The molecule has 1 heterocycles. The lowest BCUT2D eigenvalue weighted by atomic mass is 9.87. The van der Waals surface area contributed by atoms with Gasteiger partial charge in [-0.1, -0.05) is 43.6 Å². The van der Waals surface area contributed by atoms with Crippen LogP contribution in [0.4, 0.5) is 4.39 Å². The Morgan fingerprint density at radius 2 is 2.05 bits per heavy atom. The highest BCUT2D eigenvalue weighted by atomic mass is 35.5. The highest BCUT2D eigenvalue weighted by Crippen LogP contribution is 2.38. The molecule has 0 radical (unpaired) electrons. The maximum atomic E-state index is 14.1. The van der Waals surface area contributed by atoms with E-state index < -0.39 is 11.4 Å². The Bertz CT molecular complexity index is 599. The molecule has 0 spiro atoms. The summed E-state index contributed by atoms with van der Waals surface area (Å²) >= 11 is 6.18. The van der Waals surface area contributed by atoms with Gasteiger partial charge in [0.1, 0.15) is 11.4 Å². The summed E-state index contributed by atoms with van der Waals surface area (Å²) in [7, 11) is 0. The number of aromatic nitrogens is 2. The molecule has 1 aromatic carbocycles. The summed E-state index contributed by atoms with van der Waals surface area (Å²) < 4.78 is 15.7. The average molecular weight is 297 g/mol. The fraction of sp³-hybridized carbons (Fsp3) is 0.400. The van der Waals surface area contributed by atoms with E-state index in [1.165, 1.54) is 12.3 Å². The average Bonchev–Trinajstić information content (AvgIpc) is 2.81. The van der Waals surface area contributed by atoms with Crippen LogP contribution in [0.25, 0.3) is 0 Å². The van der Waals surface area contributed by atoms with Gasteiger partial charge in [0.15, 0.2) is 0 Å². The van der Waals surface area contributed by atoms with Crippen molar-refractivity contribution in [2.24, 2.45) is 0 Å². The molecule has 1 atom stereocenters. The number of halogens is 2. The Hall–Kier alpha value is -1.39. The molecule has 0 aliphatic rings. The third-order valence-corrected chi connectivity index (χ3v) is 3.73. The summed E-state index contributed by atoms with van der Waals surface area (Å²) in [6, 6.07) is 6.22. The van der Waals surface area contributed by atoms with E-state index in [9.17, 15) is 9.50 Å². The van der Waals surface area contributed by atoms with Crippen molar-refractivity contribution < 1.29 is 9.50 Å². The summed E-state index contributed by atoms with van der Waals surface area (Å²) in [5, 5.41) is 15.6. The Morgan fingerprint density at radius 1 is 1.35 bits per heavy atom. The summed E-state index contributed by atoms with van der Waals surface area (Å²) in [5.74, 6) is -0.447. The van der Waals surface area contributed by atoms with Gasteiger partial charge >= 0.3 is 0 Å². The van der Waals surface area contributed by atoms with Crippen LogP contribution >= 0.6 is 11.6 Å². The zero-order valence-electron chi connectivity index (χ0n) is 11.6. The largest absolute Gasteiger partial charge is 0.379 e. The predicted octanol–water partition coefficient (Wildman–Crippen LogP) is 3.73. The molecule has 3 nitrogen and oxygen atoms in total. The summed E-state index contributed by atoms with van der Waals surface area (Å²) in [4.78, 5) is 0. The Balaban J connectivity index is 2.62. The molecule has 0 saturated heterocycles. The van der Waals surface area contributed by atoms with Crippen molar-refractivity contribution in [1.82, 2.24) is 9.78 Å². The highest BCUT2D eigenvalue weighted by Gasteiger charge is 2.37. The molecule has 0 amide bonds. The standard InChI is InChI=1S/C15H18ClFN2O/c1-3-9-19-14(12(16)10-18-19)15(20,4-2)11-7-5-6-8-13(11)17/h5-8,10,20H,3-4,9H2,1-2H3. The van der Waals surface area contributed by atoms with Crippen LogP contribution < -0.4 is 0 Å². The van der Waals surface area contributed by atoms with Crippen molar-refractivity contribution in [2.75, 3.05) is 0 Å². The third kappa shape index (κ3) is 2.45. The van der Waals surface area contributed by atoms with Gasteiger partial charge in [0.05, 0.1) is 16.9 Å². The van der Waals surface area contributed by atoms with Gasteiger partial charge in [-0.05, 0) is 18.9 Å². The van der Waals surface area contributed by atoms with Gasteiger partial charge in [0, 0.05) is 12.1 Å². The van der Waals surface area contributed by atoms with Crippen LogP contribution in [0.3, 0.4) is 0 Å². The SMILES string of the molecule is CCCn1ncc(Cl)c1C(O)(CC)c1ccccc1F. The Kier molecular flexibility index (Phi) is 4.45. The summed E-state index contributed by atoms with van der Waals surface area (Å²) in [6.07, 6.45) is 2.65. The molecule has 20 heavy (non-hydrogen) atoms. The second-order valence-electron chi connectivity index (χ2n) is 4.76. The van der Waals surface area contributed by atoms with Crippen LogP contribution in [0.2, 0.25) is 5.02 Å². The Labute approximate surface area is 123 Å². The molecule has 1 N–H and O–H groups in total. The first-order valence-electron chi connectivity index (χ1n) is 6.73. The minimum Gasteiger partial charge on any atom is -0.379 e. The van der Waals surface area contributed by atoms with E-state index in [-0.39, 0.29) is 5.56 Å². The first kappa shape index (κ1) is 15.0. The number of aliphatic hydroxyl groups is 1. The monoisotopic (exact) mass is 296 g/mol. The third-order valence-electron chi connectivity index (χ3n) is 3.45. The molecule has 0 bridgehead atoms. The molecular formula is C15H18ClFN2O. The van der Waals surface area contributed by atoms with Gasteiger partial charge in [-0.25, -0.2) is 4.39 Å². The number of nitrogens with zero attached hydrogens (tertiary/aromatic N) is 2. The van der Waals surface area contributed by atoms with Gasteiger partial charge in [-0.2, -0.15) is 5.10 Å². The highest BCUT2D eigenvalue weighted by molar-refractivity contribution is 6.31. The van der Waals surface area contributed by atoms with E-state index >= 15 is 0 Å². The van der Waals surface area contributed by atoms with Gasteiger partial charge in [-0.15, -0.1) is 0 Å². The van der Waals surface area contributed by atoms with Crippen LogP contribution in [0.15, 0.2) is 30.5 Å². The first-order chi connectivity index (χ1) is 9.54. The lowest BCUT2D eigenvalue weighted by molar-refractivity contribution is 0.0627. The van der Waals surface area contributed by atoms with Crippen LogP contribution in [-0.2, 0) is 12.1 Å². The van der Waals surface area contributed by atoms with E-state index in [1.807, 2.05) is 6.92 Å². The van der Waals surface area contributed by atoms with E-state index in [2.05, 4.69) is 5.10 Å². The predicted molar refractivity (Wildman–Crippen MR) is 77.2 cm³/mol. The molecule has 2 rings (SSSR count). The second kappa shape index (κ2) is 5.94. The van der Waals surface area contributed by atoms with Crippen LogP contribution in [0.5, 0.6) is 0 Å². The smallest absolute Gasteiger partial charge is 0.135 e. The molecule has 108 valence electrons. The number of rotatable bonds is 5. The number of aryl methyl sites for hydroxylation is 1. The zero-order valence-corrected chi connectivity index (χ0v) is 12.4. The van der Waals surface area contributed by atoms with E-state index in [1.54, 1.807) is 29.8 Å². The molecule has 0 aliphatic carbocycles. The van der Waals surface area contributed by atoms with Crippen molar-refractivity contribution in [3.63, 3.8) is 0 Å². The maximum Gasteiger partial charge on any atom is 0.135 e. The molecule has 5 heteroatoms. The van der Waals surface area contributed by atoms with Crippen molar-refractivity contribution in [3.05, 3.63) is 52.6 Å². The lowest BCUT2D eigenvalue weighted by Crippen LogP contribution is -2.31. The van der Waals surface area contributed by atoms with Crippen molar-refractivity contribution >= 4 is 11.6 Å². The van der Waals surface area contributed by atoms with Crippen molar-refractivity contribution in [1.29, 1.82) is 0 Å². The number of hydrogen-bond acceptors (Lipinski definition) is 2. The molecule has 2 aromatic rings. The van der Waals surface area contributed by atoms with Crippen LogP contribution in [0.1, 0.15) is 37.9 Å². The second-order valence-corrected chi connectivity index (χ2v) is 5.17. The van der Waals surface area contributed by atoms with Crippen molar-refractivity contribution in [2.45, 2.75) is 38.8 Å². The molecule has 1 aromatic heterocycles. The molecule has 0 aliphatic heterocycles. The minimum atomic E-state index is -1.48. The fourth-order valence-electron chi connectivity index (χ4n) is 2.44. The topological polar surface area (TPSA) is 38.0 Å². The van der Waals surface area contributed by atoms with E-state index in [0.29, 0.717) is 23.7 Å². The maximum absolute atomic E-state index is 14.1. The summed E-state index contributed by atoms with van der Waals surface area (Å²) in [6.45, 7) is 4.43. The molecule has 0 saturated carbocycles. The van der Waals surface area contributed by atoms with Crippen LogP contribution in [0, 0.1) is 5.82 Å². The van der Waals surface area contributed by atoms with Gasteiger partial charge in [0.2, 0.25) is 0 Å². The van der Waals surface area contributed by atoms with E-state index in [4.69, 9.17) is 11.6 Å². The Morgan fingerprint density at radius 3 is 2.65 bits per heavy atom. The fourth-order valence-corrected chi connectivity index (χ4v) is 2.73. The molecule has 0 fully saturated rings. The van der Waals surface area contributed by atoms with Gasteiger partial charge < -0.3 is 5.11 Å². The number of benzene rings is 1. The van der Waals surface area contributed by atoms with E-state index in [0.717, 1.165) is 6.42 Å². The zero-order chi connectivity index (χ0) is 14.8. The first-order valence-corrected chi connectivity index (χ1v) is 7.11. The summed E-state index contributed by atoms with van der Waals surface area (Å²) in [5.41, 5.74) is -0.801. The molecular weight excluding hydrogens is 279 g/mol.